The molecule has 6 nitrogen and oxygen atoms in total. The van der Waals surface area contributed by atoms with Gasteiger partial charge in [0.05, 0.1) is 6.04 Å². The van der Waals surface area contributed by atoms with Gasteiger partial charge in [-0.05, 0) is 49.0 Å². The smallest absolute Gasteiger partial charge is 0.251 e. The number of carbonyl (C=O) groups excluding carboxylic acids is 1. The molecule has 1 amide bonds. The van der Waals surface area contributed by atoms with Crippen LogP contribution in [0.5, 0.6) is 0 Å². The van der Waals surface area contributed by atoms with Gasteiger partial charge in [-0.25, -0.2) is 5.48 Å². The highest BCUT2D eigenvalue weighted by molar-refractivity contribution is 5.94. The van der Waals surface area contributed by atoms with Crippen LogP contribution in [0.3, 0.4) is 0 Å². The third-order valence-electron chi connectivity index (χ3n) is 3.79. The van der Waals surface area contributed by atoms with Crippen molar-refractivity contribution in [3.8, 4) is 11.8 Å². The van der Waals surface area contributed by atoms with Crippen LogP contribution in [-0.4, -0.2) is 37.3 Å². The van der Waals surface area contributed by atoms with Gasteiger partial charge >= 0.3 is 0 Å². The summed E-state index contributed by atoms with van der Waals surface area (Å²) < 4.78 is 0. The predicted molar refractivity (Wildman–Crippen MR) is 102 cm³/mol. The summed E-state index contributed by atoms with van der Waals surface area (Å²) in [5.74, 6) is 5.96. The predicted octanol–water partition coefficient (Wildman–Crippen LogP) is 0.842. The Morgan fingerprint density at radius 3 is 2.15 bits per heavy atom. The van der Waals surface area contributed by atoms with Gasteiger partial charge in [0, 0.05) is 36.3 Å². The van der Waals surface area contributed by atoms with Gasteiger partial charge in [-0.2, -0.15) is 0 Å². The zero-order valence-corrected chi connectivity index (χ0v) is 14.8. The number of carbonyl (C=O) groups is 1. The fraction of sp³-hybridized carbons (Fsp3) is 0.250. The van der Waals surface area contributed by atoms with Gasteiger partial charge in [0.2, 0.25) is 0 Å². The zero-order valence-electron chi connectivity index (χ0n) is 14.8. The minimum atomic E-state index is -0.335. The van der Waals surface area contributed by atoms with Crippen molar-refractivity contribution in [2.24, 2.45) is 5.73 Å². The first-order chi connectivity index (χ1) is 12.7. The largest absolute Gasteiger partial charge is 0.347 e. The molecule has 6 heteroatoms. The highest BCUT2D eigenvalue weighted by Gasteiger charge is 2.11. The molecule has 0 radical (unpaired) electrons. The van der Waals surface area contributed by atoms with Gasteiger partial charge in [-0.15, -0.1) is 0 Å². The lowest BCUT2D eigenvalue weighted by molar-refractivity contribution is 0.0920. The highest BCUT2D eigenvalue weighted by Crippen LogP contribution is 2.06. The fourth-order valence-electron chi connectivity index (χ4n) is 2.33. The quantitative estimate of drug-likeness (QED) is 0.376. The molecular formula is C20H24N4O2. The van der Waals surface area contributed by atoms with E-state index in [9.17, 15) is 4.79 Å². The Kier molecular flexibility index (Phi) is 7.80. The first kappa shape index (κ1) is 19.6. The fourth-order valence-corrected chi connectivity index (χ4v) is 2.33. The summed E-state index contributed by atoms with van der Waals surface area (Å²) in [6.07, 6.45) is 0. The Hall–Kier alpha value is -2.69. The second kappa shape index (κ2) is 10.3. The molecule has 2 aromatic rings. The molecule has 136 valence electrons. The Morgan fingerprint density at radius 1 is 1.08 bits per heavy atom. The van der Waals surface area contributed by atoms with Crippen LogP contribution in [-0.2, 0) is 6.54 Å². The summed E-state index contributed by atoms with van der Waals surface area (Å²) in [6.45, 7) is 1.26. The van der Waals surface area contributed by atoms with Gasteiger partial charge < -0.3 is 21.6 Å². The molecule has 0 saturated heterocycles. The molecule has 0 aliphatic heterocycles. The lowest BCUT2D eigenvalue weighted by atomic mass is 10.1. The molecule has 26 heavy (non-hydrogen) atoms. The summed E-state index contributed by atoms with van der Waals surface area (Å²) in [5.41, 5.74) is 11.0. The van der Waals surface area contributed by atoms with E-state index < -0.39 is 0 Å². The summed E-state index contributed by atoms with van der Waals surface area (Å²) in [7, 11) is 1.91. The average Bonchev–Trinajstić information content (AvgIpc) is 2.67. The van der Waals surface area contributed by atoms with Crippen molar-refractivity contribution in [3.05, 3.63) is 70.8 Å². The molecule has 0 spiro atoms. The van der Waals surface area contributed by atoms with Gasteiger partial charge in [0.1, 0.15) is 0 Å². The third kappa shape index (κ3) is 5.99. The minimum Gasteiger partial charge on any atom is -0.347 e. The van der Waals surface area contributed by atoms with E-state index in [1.165, 1.54) is 5.56 Å². The number of nitrogens with two attached hydrogens (primary N) is 1. The third-order valence-corrected chi connectivity index (χ3v) is 3.79. The van der Waals surface area contributed by atoms with E-state index in [0.717, 1.165) is 17.7 Å². The van der Waals surface area contributed by atoms with Crippen molar-refractivity contribution >= 4 is 5.91 Å². The maximum atomic E-state index is 12.1. The Labute approximate surface area is 153 Å². The summed E-state index contributed by atoms with van der Waals surface area (Å²) in [4.78, 5) is 12.1. The normalized spacial score (nSPS) is 11.3. The van der Waals surface area contributed by atoms with Gasteiger partial charge in [0.25, 0.3) is 5.91 Å². The number of rotatable bonds is 7. The number of hydroxylamine groups is 1. The molecule has 1 unspecified atom stereocenters. The number of benzene rings is 2. The first-order valence-corrected chi connectivity index (χ1v) is 8.39. The second-order valence-electron chi connectivity index (χ2n) is 5.82. The Morgan fingerprint density at radius 2 is 1.65 bits per heavy atom. The molecule has 0 aliphatic carbocycles. The minimum absolute atomic E-state index is 0.193. The Bertz CT molecular complexity index is 761. The van der Waals surface area contributed by atoms with Crippen LogP contribution in [0.15, 0.2) is 48.5 Å². The van der Waals surface area contributed by atoms with Crippen molar-refractivity contribution in [3.63, 3.8) is 0 Å². The molecule has 2 rings (SSSR count). The molecule has 0 aliphatic rings. The van der Waals surface area contributed by atoms with E-state index in [1.54, 1.807) is 24.3 Å². The lowest BCUT2D eigenvalue weighted by Gasteiger charge is -2.15. The maximum absolute atomic E-state index is 12.1. The molecule has 0 bridgehead atoms. The molecule has 2 aromatic carbocycles. The van der Waals surface area contributed by atoms with E-state index in [2.05, 4.69) is 22.5 Å². The van der Waals surface area contributed by atoms with E-state index in [4.69, 9.17) is 10.9 Å². The van der Waals surface area contributed by atoms with Gasteiger partial charge in [0.15, 0.2) is 0 Å². The summed E-state index contributed by atoms with van der Waals surface area (Å²) in [6, 6.07) is 14.8. The highest BCUT2D eigenvalue weighted by atomic mass is 16.5. The SMILES string of the molecule is CNCc1ccc(C#Cc2ccc(C(=O)NC(CN)CNO)cc2)cc1. The molecular weight excluding hydrogens is 328 g/mol. The first-order valence-electron chi connectivity index (χ1n) is 8.39. The van der Waals surface area contributed by atoms with E-state index in [-0.39, 0.29) is 25.0 Å². The van der Waals surface area contributed by atoms with Crippen LogP contribution < -0.4 is 21.8 Å². The average molecular weight is 352 g/mol. The van der Waals surface area contributed by atoms with Crippen LogP contribution >= 0.6 is 0 Å². The number of amides is 1. The molecule has 6 N–H and O–H groups in total. The molecule has 0 aromatic heterocycles. The van der Waals surface area contributed by atoms with E-state index in [0.29, 0.717) is 5.56 Å². The molecule has 1 atom stereocenters. The van der Waals surface area contributed by atoms with E-state index >= 15 is 0 Å². The zero-order chi connectivity index (χ0) is 18.8. The molecule has 0 saturated carbocycles. The summed E-state index contributed by atoms with van der Waals surface area (Å²) >= 11 is 0. The van der Waals surface area contributed by atoms with Crippen molar-refractivity contribution < 1.29 is 10.0 Å². The van der Waals surface area contributed by atoms with Crippen molar-refractivity contribution in [1.82, 2.24) is 16.1 Å². The molecule has 0 heterocycles. The van der Waals surface area contributed by atoms with Crippen LogP contribution in [0, 0.1) is 11.8 Å². The van der Waals surface area contributed by atoms with Gasteiger partial charge in [-0.1, -0.05) is 24.0 Å². The number of nitrogens with one attached hydrogen (secondary N) is 3. The second-order valence-corrected chi connectivity index (χ2v) is 5.82. The number of hydrogen-bond acceptors (Lipinski definition) is 5. The maximum Gasteiger partial charge on any atom is 0.251 e. The van der Waals surface area contributed by atoms with Crippen LogP contribution in [0.1, 0.15) is 27.0 Å². The van der Waals surface area contributed by atoms with Crippen molar-refractivity contribution in [2.75, 3.05) is 20.1 Å². The monoisotopic (exact) mass is 352 g/mol. The topological polar surface area (TPSA) is 99.4 Å². The van der Waals surface area contributed by atoms with E-state index in [1.807, 2.05) is 36.8 Å². The van der Waals surface area contributed by atoms with Crippen LogP contribution in [0.2, 0.25) is 0 Å². The van der Waals surface area contributed by atoms with Gasteiger partial charge in [-0.3, -0.25) is 4.79 Å². The lowest BCUT2D eigenvalue weighted by Crippen LogP contribution is -2.46. The summed E-state index contributed by atoms with van der Waals surface area (Å²) in [5, 5.41) is 14.6. The van der Waals surface area contributed by atoms with Crippen molar-refractivity contribution in [1.29, 1.82) is 0 Å². The number of hydrogen-bond donors (Lipinski definition) is 5. The Balaban J connectivity index is 2.00. The van der Waals surface area contributed by atoms with Crippen LogP contribution in [0.4, 0.5) is 0 Å². The standard InChI is InChI=1S/C20H24N4O2/c1-22-13-17-6-4-15(5-7-17)2-3-16-8-10-18(11-9-16)20(25)24-19(12-21)14-23-26/h4-11,19,22-23,26H,12-14,21H2,1H3,(H,24,25). The molecule has 0 fully saturated rings. The van der Waals surface area contributed by atoms with Crippen LogP contribution in [0.25, 0.3) is 0 Å². The van der Waals surface area contributed by atoms with Crippen molar-refractivity contribution in [2.45, 2.75) is 12.6 Å².